The van der Waals surface area contributed by atoms with Gasteiger partial charge in [-0.3, -0.25) is 14.4 Å². The van der Waals surface area contributed by atoms with Gasteiger partial charge in [0.2, 0.25) is 11.8 Å². The van der Waals surface area contributed by atoms with Crippen LogP contribution in [0.15, 0.2) is 18.2 Å². The third kappa shape index (κ3) is 3.33. The summed E-state index contributed by atoms with van der Waals surface area (Å²) in [6.45, 7) is 5.40. The molecule has 3 amide bonds. The number of nitrogens with zero attached hydrogens (tertiary/aromatic N) is 2. The molecule has 27 heavy (non-hydrogen) atoms. The van der Waals surface area contributed by atoms with Crippen molar-refractivity contribution in [1.29, 1.82) is 0 Å². The summed E-state index contributed by atoms with van der Waals surface area (Å²) in [7, 11) is 0. The number of rotatable bonds is 3. The minimum absolute atomic E-state index is 0.00412. The van der Waals surface area contributed by atoms with Crippen LogP contribution in [-0.4, -0.2) is 52.7 Å². The molecular formula is C21H27N3O3. The van der Waals surface area contributed by atoms with Crippen LogP contribution in [0.1, 0.15) is 55.5 Å². The molecule has 1 aromatic rings. The Morgan fingerprint density at radius 1 is 1.15 bits per heavy atom. The van der Waals surface area contributed by atoms with E-state index >= 15 is 0 Å². The van der Waals surface area contributed by atoms with Crippen molar-refractivity contribution in [1.82, 2.24) is 9.80 Å². The Hall–Kier alpha value is -2.37. The summed E-state index contributed by atoms with van der Waals surface area (Å²) in [5, 5.41) is 2.87. The zero-order chi connectivity index (χ0) is 19.1. The van der Waals surface area contributed by atoms with Crippen LogP contribution in [-0.2, 0) is 16.0 Å². The number of carbonyl (C=O) groups is 3. The van der Waals surface area contributed by atoms with Crippen LogP contribution in [0.3, 0.4) is 0 Å². The van der Waals surface area contributed by atoms with Crippen LogP contribution < -0.4 is 5.32 Å². The monoisotopic (exact) mass is 369 g/mol. The first kappa shape index (κ1) is 18.0. The summed E-state index contributed by atoms with van der Waals surface area (Å²) < 4.78 is 0. The van der Waals surface area contributed by atoms with E-state index in [4.69, 9.17) is 0 Å². The smallest absolute Gasteiger partial charge is 0.254 e. The molecule has 0 aliphatic carbocycles. The van der Waals surface area contributed by atoms with Gasteiger partial charge < -0.3 is 15.1 Å². The van der Waals surface area contributed by atoms with E-state index in [0.717, 1.165) is 24.1 Å². The number of nitrogens with one attached hydrogen (secondary N) is 1. The molecule has 0 saturated carbocycles. The topological polar surface area (TPSA) is 69.7 Å². The minimum Gasteiger partial charge on any atom is -0.339 e. The lowest BCUT2D eigenvalue weighted by atomic mass is 9.95. The Bertz CT molecular complexity index is 775. The van der Waals surface area contributed by atoms with Crippen LogP contribution >= 0.6 is 0 Å². The van der Waals surface area contributed by atoms with Crippen LogP contribution in [0.5, 0.6) is 0 Å². The fourth-order valence-electron chi connectivity index (χ4n) is 4.68. The van der Waals surface area contributed by atoms with E-state index in [1.807, 2.05) is 28.0 Å². The van der Waals surface area contributed by atoms with Gasteiger partial charge in [0.1, 0.15) is 0 Å². The SMILES string of the molecule is CC(C)CC(=O)N1C[C@H]2CC[C@@H](C1)N2C(=O)c1cccc2c1CCC(=O)N2. The third-order valence-electron chi connectivity index (χ3n) is 5.93. The van der Waals surface area contributed by atoms with Gasteiger partial charge in [0.15, 0.2) is 0 Å². The van der Waals surface area contributed by atoms with Crippen LogP contribution in [0.2, 0.25) is 0 Å². The summed E-state index contributed by atoms with van der Waals surface area (Å²) in [4.78, 5) is 41.5. The average Bonchev–Trinajstić information content (AvgIpc) is 2.89. The molecule has 0 radical (unpaired) electrons. The quantitative estimate of drug-likeness (QED) is 0.890. The van der Waals surface area contributed by atoms with Gasteiger partial charge in [0, 0.05) is 37.2 Å². The molecule has 6 nitrogen and oxygen atoms in total. The van der Waals surface area contributed by atoms with Gasteiger partial charge in [-0.15, -0.1) is 0 Å². The highest BCUT2D eigenvalue weighted by Crippen LogP contribution is 2.34. The second-order valence-electron chi connectivity index (χ2n) is 8.37. The molecule has 2 saturated heterocycles. The maximum atomic E-state index is 13.4. The summed E-state index contributed by atoms with van der Waals surface area (Å²) in [5.74, 6) is 0.602. The maximum absolute atomic E-state index is 13.4. The predicted molar refractivity (Wildman–Crippen MR) is 102 cm³/mol. The lowest BCUT2D eigenvalue weighted by molar-refractivity contribution is -0.134. The van der Waals surface area contributed by atoms with E-state index in [1.165, 1.54) is 0 Å². The number of anilines is 1. The molecule has 4 rings (SSSR count). The van der Waals surface area contributed by atoms with E-state index in [2.05, 4.69) is 19.2 Å². The van der Waals surface area contributed by atoms with E-state index in [-0.39, 0.29) is 29.8 Å². The second kappa shape index (κ2) is 6.98. The molecule has 144 valence electrons. The van der Waals surface area contributed by atoms with Crippen molar-refractivity contribution < 1.29 is 14.4 Å². The zero-order valence-electron chi connectivity index (χ0n) is 16.0. The maximum Gasteiger partial charge on any atom is 0.254 e. The highest BCUT2D eigenvalue weighted by atomic mass is 16.2. The second-order valence-corrected chi connectivity index (χ2v) is 8.37. The van der Waals surface area contributed by atoms with Gasteiger partial charge in [-0.25, -0.2) is 0 Å². The Morgan fingerprint density at radius 2 is 1.85 bits per heavy atom. The minimum atomic E-state index is 0.00412. The summed E-state index contributed by atoms with van der Waals surface area (Å²) >= 11 is 0. The first-order valence-corrected chi connectivity index (χ1v) is 9.96. The number of piperazine rings is 1. The fraction of sp³-hybridized carbons (Fsp3) is 0.571. The fourth-order valence-corrected chi connectivity index (χ4v) is 4.68. The van der Waals surface area contributed by atoms with Gasteiger partial charge in [-0.05, 0) is 42.9 Å². The first-order valence-electron chi connectivity index (χ1n) is 9.96. The molecule has 3 heterocycles. The number of carbonyl (C=O) groups excluding carboxylic acids is 3. The van der Waals surface area contributed by atoms with Gasteiger partial charge in [0.25, 0.3) is 5.91 Å². The van der Waals surface area contributed by atoms with Crippen molar-refractivity contribution in [2.45, 2.75) is 58.0 Å². The van der Waals surface area contributed by atoms with Crippen LogP contribution in [0.4, 0.5) is 5.69 Å². The summed E-state index contributed by atoms with van der Waals surface area (Å²) in [5.41, 5.74) is 2.40. The van der Waals surface area contributed by atoms with Crippen LogP contribution in [0.25, 0.3) is 0 Å². The van der Waals surface area contributed by atoms with E-state index in [1.54, 1.807) is 0 Å². The number of fused-ring (bicyclic) bond motifs is 3. The van der Waals surface area contributed by atoms with Crippen molar-refractivity contribution >= 4 is 23.4 Å². The van der Waals surface area contributed by atoms with E-state index in [0.29, 0.717) is 43.8 Å². The molecular weight excluding hydrogens is 342 g/mol. The molecule has 2 atom stereocenters. The van der Waals surface area contributed by atoms with E-state index < -0.39 is 0 Å². The molecule has 2 bridgehead atoms. The lowest BCUT2D eigenvalue weighted by Crippen LogP contribution is -2.57. The van der Waals surface area contributed by atoms with Crippen molar-refractivity contribution in [3.05, 3.63) is 29.3 Å². The van der Waals surface area contributed by atoms with Crippen molar-refractivity contribution in [2.75, 3.05) is 18.4 Å². The molecule has 0 aromatic heterocycles. The Balaban J connectivity index is 1.54. The average molecular weight is 369 g/mol. The third-order valence-corrected chi connectivity index (χ3v) is 5.93. The molecule has 1 aromatic carbocycles. The van der Waals surface area contributed by atoms with Gasteiger partial charge in [0.05, 0.1) is 12.1 Å². The Kier molecular flexibility index (Phi) is 4.66. The molecule has 1 N–H and O–H groups in total. The molecule has 2 fully saturated rings. The highest BCUT2D eigenvalue weighted by molar-refractivity contribution is 6.01. The van der Waals surface area contributed by atoms with Gasteiger partial charge >= 0.3 is 0 Å². The largest absolute Gasteiger partial charge is 0.339 e. The summed E-state index contributed by atoms with van der Waals surface area (Å²) in [6, 6.07) is 5.76. The van der Waals surface area contributed by atoms with Crippen molar-refractivity contribution in [2.24, 2.45) is 5.92 Å². The molecule has 0 spiro atoms. The Labute approximate surface area is 159 Å². The predicted octanol–water partition coefficient (Wildman–Crippen LogP) is 2.43. The number of likely N-dealkylation sites (tertiary alicyclic amines) is 1. The standard InChI is InChI=1S/C21H27N3O3/c1-13(2)10-20(26)23-11-14-6-7-15(12-23)24(14)21(27)17-4-3-5-18-16(17)8-9-19(25)22-18/h3-5,13-15H,6-12H2,1-2H3,(H,22,25)/t14-,15+. The first-order chi connectivity index (χ1) is 12.9. The van der Waals surface area contributed by atoms with Crippen molar-refractivity contribution in [3.63, 3.8) is 0 Å². The van der Waals surface area contributed by atoms with Crippen molar-refractivity contribution in [3.8, 4) is 0 Å². The molecule has 3 aliphatic heterocycles. The van der Waals surface area contributed by atoms with Crippen LogP contribution in [0, 0.1) is 5.92 Å². The zero-order valence-corrected chi connectivity index (χ0v) is 16.0. The number of benzene rings is 1. The normalized spacial score (nSPS) is 24.0. The molecule has 3 aliphatic rings. The van der Waals surface area contributed by atoms with E-state index in [9.17, 15) is 14.4 Å². The molecule has 6 heteroatoms. The highest BCUT2D eigenvalue weighted by Gasteiger charge is 2.44. The summed E-state index contributed by atoms with van der Waals surface area (Å²) in [6.07, 6.45) is 3.49. The van der Waals surface area contributed by atoms with Gasteiger partial charge in [-0.2, -0.15) is 0 Å². The lowest BCUT2D eigenvalue weighted by Gasteiger charge is -2.41. The Morgan fingerprint density at radius 3 is 2.52 bits per heavy atom. The molecule has 0 unspecified atom stereocenters. The van der Waals surface area contributed by atoms with Gasteiger partial charge in [-0.1, -0.05) is 19.9 Å². The number of hydrogen-bond acceptors (Lipinski definition) is 3. The number of hydrogen-bond donors (Lipinski definition) is 1. The number of amides is 3.